The summed E-state index contributed by atoms with van der Waals surface area (Å²) in [5.74, 6) is 0.478. The van der Waals surface area contributed by atoms with Crippen molar-refractivity contribution in [3.63, 3.8) is 0 Å². The Morgan fingerprint density at radius 1 is 0.710 bits per heavy atom. The van der Waals surface area contributed by atoms with Crippen LogP contribution < -0.4 is 20.1 Å². The number of amides is 2. The van der Waals surface area contributed by atoms with Gasteiger partial charge < -0.3 is 20.1 Å². The third-order valence-corrected chi connectivity index (χ3v) is 5.07. The predicted octanol–water partition coefficient (Wildman–Crippen LogP) is 4.18. The average molecular weight is 418 g/mol. The Balaban J connectivity index is 1.95. The van der Waals surface area contributed by atoms with Crippen molar-refractivity contribution in [2.45, 2.75) is 20.0 Å². The van der Waals surface area contributed by atoms with Gasteiger partial charge in [0.2, 0.25) is 0 Å². The molecule has 0 unspecified atom stereocenters. The molecule has 160 valence electrons. The maximum atomic E-state index is 13.0. The van der Waals surface area contributed by atoms with Crippen LogP contribution >= 0.6 is 0 Å². The van der Waals surface area contributed by atoms with E-state index in [4.69, 9.17) is 9.47 Å². The maximum Gasteiger partial charge on any atom is 0.253 e. The van der Waals surface area contributed by atoms with Crippen LogP contribution in [0, 0.1) is 13.8 Å². The highest BCUT2D eigenvalue weighted by atomic mass is 16.5. The normalized spacial score (nSPS) is 10.5. The Kier molecular flexibility index (Phi) is 6.92. The molecule has 0 saturated carbocycles. The number of rotatable bonds is 7. The zero-order valence-electron chi connectivity index (χ0n) is 18.1. The van der Waals surface area contributed by atoms with Crippen molar-refractivity contribution < 1.29 is 19.1 Å². The first-order chi connectivity index (χ1) is 14.9. The number of methoxy groups -OCH3 is 2. The fourth-order valence-corrected chi connectivity index (χ4v) is 3.31. The van der Waals surface area contributed by atoms with Gasteiger partial charge in [0.05, 0.1) is 14.2 Å². The van der Waals surface area contributed by atoms with Gasteiger partial charge in [-0.3, -0.25) is 9.59 Å². The molecule has 0 fully saturated rings. The molecule has 3 rings (SSSR count). The predicted molar refractivity (Wildman–Crippen MR) is 120 cm³/mol. The first-order valence-corrected chi connectivity index (χ1v) is 9.89. The van der Waals surface area contributed by atoms with Crippen LogP contribution in [0.4, 0.5) is 0 Å². The van der Waals surface area contributed by atoms with Crippen molar-refractivity contribution in [2.75, 3.05) is 14.2 Å². The van der Waals surface area contributed by atoms with Crippen LogP contribution in [-0.4, -0.2) is 26.0 Å². The summed E-state index contributed by atoms with van der Waals surface area (Å²) in [6.07, 6.45) is -0.779. The molecule has 0 radical (unpaired) electrons. The van der Waals surface area contributed by atoms with Crippen LogP contribution in [0.5, 0.6) is 11.5 Å². The third-order valence-electron chi connectivity index (χ3n) is 5.07. The average Bonchev–Trinajstić information content (AvgIpc) is 2.78. The van der Waals surface area contributed by atoms with E-state index in [9.17, 15) is 9.59 Å². The van der Waals surface area contributed by atoms with Crippen LogP contribution in [0.2, 0.25) is 0 Å². The summed E-state index contributed by atoms with van der Waals surface area (Å²) >= 11 is 0. The zero-order valence-corrected chi connectivity index (χ0v) is 18.1. The molecule has 6 nitrogen and oxygen atoms in total. The topological polar surface area (TPSA) is 76.7 Å². The summed E-state index contributed by atoms with van der Waals surface area (Å²) in [6.45, 7) is 3.73. The summed E-state index contributed by atoms with van der Waals surface area (Å²) in [7, 11) is 3.09. The molecule has 0 aliphatic carbocycles. The number of aryl methyl sites for hydroxylation is 2. The molecular weight excluding hydrogens is 392 g/mol. The first-order valence-electron chi connectivity index (χ1n) is 9.89. The second-order valence-corrected chi connectivity index (χ2v) is 7.12. The lowest BCUT2D eigenvalue weighted by Gasteiger charge is -2.23. The molecular formula is C25H26N2O4. The molecule has 0 aromatic heterocycles. The van der Waals surface area contributed by atoms with E-state index in [1.807, 2.05) is 38.1 Å². The van der Waals surface area contributed by atoms with Gasteiger partial charge >= 0.3 is 0 Å². The molecule has 0 aliphatic rings. The number of carbonyl (C=O) groups excluding carboxylic acids is 2. The van der Waals surface area contributed by atoms with E-state index in [0.717, 1.165) is 11.1 Å². The number of nitrogens with one attached hydrogen (secondary N) is 2. The Hall–Kier alpha value is -3.80. The van der Waals surface area contributed by atoms with Gasteiger partial charge in [0.25, 0.3) is 11.8 Å². The van der Waals surface area contributed by atoms with Crippen molar-refractivity contribution in [3.8, 4) is 11.5 Å². The number of hydrogen-bond acceptors (Lipinski definition) is 4. The van der Waals surface area contributed by atoms with Crippen LogP contribution in [0.15, 0.2) is 66.7 Å². The highest BCUT2D eigenvalue weighted by Crippen LogP contribution is 2.29. The molecule has 0 aliphatic heterocycles. The van der Waals surface area contributed by atoms with Crippen LogP contribution in [-0.2, 0) is 0 Å². The van der Waals surface area contributed by atoms with Crippen molar-refractivity contribution in [1.29, 1.82) is 0 Å². The highest BCUT2D eigenvalue weighted by molar-refractivity contribution is 5.98. The van der Waals surface area contributed by atoms with E-state index >= 15 is 0 Å². The molecule has 0 spiro atoms. The van der Waals surface area contributed by atoms with Gasteiger partial charge in [-0.15, -0.1) is 0 Å². The molecule has 2 amide bonds. The van der Waals surface area contributed by atoms with Gasteiger partial charge in [0, 0.05) is 11.1 Å². The van der Waals surface area contributed by atoms with Gasteiger partial charge in [-0.1, -0.05) is 42.5 Å². The van der Waals surface area contributed by atoms with E-state index in [1.165, 1.54) is 7.11 Å². The van der Waals surface area contributed by atoms with Gasteiger partial charge in [0.1, 0.15) is 6.17 Å². The summed E-state index contributed by atoms with van der Waals surface area (Å²) in [6, 6.07) is 19.8. The van der Waals surface area contributed by atoms with Gasteiger partial charge in [-0.05, 0) is 54.8 Å². The minimum atomic E-state index is -0.779. The lowest BCUT2D eigenvalue weighted by molar-refractivity contribution is 0.0882. The lowest BCUT2D eigenvalue weighted by atomic mass is 10.1. The van der Waals surface area contributed by atoms with E-state index in [2.05, 4.69) is 10.6 Å². The first kappa shape index (κ1) is 21.9. The lowest BCUT2D eigenvalue weighted by Crippen LogP contribution is -2.41. The Morgan fingerprint density at radius 3 is 1.65 bits per heavy atom. The molecule has 31 heavy (non-hydrogen) atoms. The molecule has 0 heterocycles. The van der Waals surface area contributed by atoms with Crippen molar-refractivity contribution in [2.24, 2.45) is 0 Å². The van der Waals surface area contributed by atoms with E-state index in [-0.39, 0.29) is 11.8 Å². The third kappa shape index (κ3) is 5.04. The van der Waals surface area contributed by atoms with Crippen molar-refractivity contribution in [1.82, 2.24) is 10.6 Å². The molecule has 0 atom stereocenters. The molecule has 2 N–H and O–H groups in total. The molecule has 3 aromatic carbocycles. The molecule has 0 saturated heterocycles. The van der Waals surface area contributed by atoms with Crippen molar-refractivity contribution >= 4 is 11.8 Å². The maximum absolute atomic E-state index is 13.0. The monoisotopic (exact) mass is 418 g/mol. The van der Waals surface area contributed by atoms with Crippen LogP contribution in [0.1, 0.15) is 43.6 Å². The number of ether oxygens (including phenoxy) is 2. The highest BCUT2D eigenvalue weighted by Gasteiger charge is 2.22. The van der Waals surface area contributed by atoms with E-state index in [0.29, 0.717) is 28.2 Å². The fraction of sp³-hybridized carbons (Fsp3) is 0.200. The minimum absolute atomic E-state index is 0.289. The second-order valence-electron chi connectivity index (χ2n) is 7.12. The molecule has 6 heteroatoms. The van der Waals surface area contributed by atoms with E-state index in [1.54, 1.807) is 49.6 Å². The largest absolute Gasteiger partial charge is 0.493 e. The Labute approximate surface area is 182 Å². The quantitative estimate of drug-likeness (QED) is 0.565. The van der Waals surface area contributed by atoms with Gasteiger partial charge in [-0.25, -0.2) is 0 Å². The van der Waals surface area contributed by atoms with Crippen LogP contribution in [0.25, 0.3) is 0 Å². The molecule has 3 aromatic rings. The van der Waals surface area contributed by atoms with Gasteiger partial charge in [-0.2, -0.15) is 0 Å². The summed E-state index contributed by atoms with van der Waals surface area (Å²) < 4.78 is 10.7. The Morgan fingerprint density at radius 2 is 1.19 bits per heavy atom. The number of benzene rings is 3. The minimum Gasteiger partial charge on any atom is -0.493 e. The SMILES string of the molecule is COc1ccc(C(NC(=O)c2ccccc2C)NC(=O)c2ccccc2C)cc1OC. The summed E-state index contributed by atoms with van der Waals surface area (Å²) in [5, 5.41) is 5.86. The second kappa shape index (κ2) is 9.80. The van der Waals surface area contributed by atoms with Crippen LogP contribution in [0.3, 0.4) is 0 Å². The number of carbonyl (C=O) groups is 2. The summed E-state index contributed by atoms with van der Waals surface area (Å²) in [5.41, 5.74) is 3.42. The number of hydrogen-bond donors (Lipinski definition) is 2. The Bertz CT molecular complexity index is 1030. The van der Waals surface area contributed by atoms with Crippen molar-refractivity contribution in [3.05, 3.63) is 94.5 Å². The van der Waals surface area contributed by atoms with Gasteiger partial charge in [0.15, 0.2) is 11.5 Å². The summed E-state index contributed by atoms with van der Waals surface area (Å²) in [4.78, 5) is 26.0. The van der Waals surface area contributed by atoms with E-state index < -0.39 is 6.17 Å². The molecule has 0 bridgehead atoms. The standard InChI is InChI=1S/C25H26N2O4/c1-16-9-5-7-11-19(16)24(28)26-23(18-13-14-21(30-3)22(15-18)31-4)27-25(29)20-12-8-6-10-17(20)2/h5-15,23H,1-4H3,(H,26,28)(H,27,29). The smallest absolute Gasteiger partial charge is 0.253 e. The zero-order chi connectivity index (χ0) is 22.4. The fourth-order valence-electron chi connectivity index (χ4n) is 3.31.